The molecule has 0 aromatic carbocycles. The number of hydrogen-bond donors (Lipinski definition) is 3. The Labute approximate surface area is 454 Å². The number of ether oxygens (including phenoxy) is 1. The molecule has 3 N–H and O–H groups in total. The van der Waals surface area contributed by atoms with Gasteiger partial charge < -0.3 is 20.3 Å². The molecule has 0 aliphatic heterocycles. The summed E-state index contributed by atoms with van der Waals surface area (Å²) in [5.74, 6) is -0.104. The second-order valence-corrected chi connectivity index (χ2v) is 21.8. The Morgan fingerprint density at radius 3 is 1.14 bits per heavy atom. The normalized spacial score (nSPS) is 13.0. The molecule has 6 heteroatoms. The van der Waals surface area contributed by atoms with Crippen LogP contribution in [0, 0.1) is 0 Å². The molecule has 0 aromatic rings. The third-order valence-electron chi connectivity index (χ3n) is 14.5. The summed E-state index contributed by atoms with van der Waals surface area (Å²) in [6, 6.07) is -0.638. The van der Waals surface area contributed by atoms with E-state index in [0.717, 1.165) is 89.9 Å². The zero-order valence-corrected chi connectivity index (χ0v) is 48.6. The predicted octanol–water partition coefficient (Wildman–Crippen LogP) is 20.3. The number of amides is 1. The lowest BCUT2D eigenvalue weighted by Crippen LogP contribution is -2.45. The molecule has 0 fully saturated rings. The first-order valence-electron chi connectivity index (χ1n) is 32.1. The molecule has 6 nitrogen and oxygen atoms in total. The Morgan fingerprint density at radius 1 is 0.397 bits per heavy atom. The molecular weight excluding hydrogens is 899 g/mol. The van der Waals surface area contributed by atoms with Crippen LogP contribution in [0.3, 0.4) is 0 Å². The third-order valence-corrected chi connectivity index (χ3v) is 14.5. The van der Waals surface area contributed by atoms with Gasteiger partial charge in [0.1, 0.15) is 0 Å². The maximum atomic E-state index is 12.5. The first-order valence-corrected chi connectivity index (χ1v) is 32.1. The Morgan fingerprint density at radius 2 is 0.726 bits per heavy atom. The van der Waals surface area contributed by atoms with Crippen molar-refractivity contribution in [3.8, 4) is 0 Å². The Kier molecular flexibility index (Phi) is 60.0. The minimum Gasteiger partial charge on any atom is -0.466 e. The highest BCUT2D eigenvalue weighted by Crippen LogP contribution is 2.17. The fourth-order valence-corrected chi connectivity index (χ4v) is 9.60. The molecule has 0 aromatic heterocycles. The monoisotopic (exact) mass is 1020 g/mol. The molecule has 0 saturated carbocycles. The van der Waals surface area contributed by atoms with Gasteiger partial charge in [0, 0.05) is 12.8 Å². The van der Waals surface area contributed by atoms with Gasteiger partial charge in [0.15, 0.2) is 0 Å². The van der Waals surface area contributed by atoms with Gasteiger partial charge in [0.2, 0.25) is 5.91 Å². The number of aliphatic hydroxyl groups is 2. The minimum atomic E-state index is -0.854. The maximum absolute atomic E-state index is 12.5. The summed E-state index contributed by atoms with van der Waals surface area (Å²) < 4.78 is 5.45. The van der Waals surface area contributed by atoms with Crippen LogP contribution in [0.25, 0.3) is 0 Å². The first-order chi connectivity index (χ1) is 36.0. The zero-order valence-electron chi connectivity index (χ0n) is 48.6. The molecule has 2 atom stereocenters. The molecule has 0 heterocycles. The Hall–Kier alpha value is -2.44. The van der Waals surface area contributed by atoms with E-state index in [2.05, 4.69) is 67.8 Å². The molecule has 0 rings (SSSR count). The number of esters is 1. The van der Waals surface area contributed by atoms with Crippen molar-refractivity contribution in [2.45, 2.75) is 341 Å². The van der Waals surface area contributed by atoms with E-state index in [4.69, 9.17) is 4.74 Å². The van der Waals surface area contributed by atoms with Crippen LogP contribution in [0.4, 0.5) is 0 Å². The molecule has 0 spiro atoms. The average Bonchev–Trinajstić information content (AvgIpc) is 3.39. The van der Waals surface area contributed by atoms with Crippen LogP contribution in [0.5, 0.6) is 0 Å². The summed E-state index contributed by atoms with van der Waals surface area (Å²) in [7, 11) is 0. The SMILES string of the molecule is CCCCCC/C=C\C/C=C\CCCCCCCC(=O)OCCCCC/C=C\C=C/CCCCCCCCCCCCC(=O)NC(CO)C(O)/C=C/CCCCCCCCCCCCCCCCCCCCC. The molecule has 0 aliphatic rings. The minimum absolute atomic E-state index is 0.0278. The maximum Gasteiger partial charge on any atom is 0.305 e. The van der Waals surface area contributed by atoms with Crippen molar-refractivity contribution in [1.82, 2.24) is 5.32 Å². The highest BCUT2D eigenvalue weighted by molar-refractivity contribution is 5.76. The number of allylic oxidation sites excluding steroid dienone is 9. The zero-order chi connectivity index (χ0) is 52.9. The van der Waals surface area contributed by atoms with Gasteiger partial charge in [0.05, 0.1) is 25.4 Å². The lowest BCUT2D eigenvalue weighted by Gasteiger charge is -2.20. The number of rotatable bonds is 59. The van der Waals surface area contributed by atoms with Gasteiger partial charge in [-0.25, -0.2) is 0 Å². The molecule has 426 valence electrons. The molecular formula is C67H123NO5. The van der Waals surface area contributed by atoms with E-state index in [9.17, 15) is 19.8 Å². The van der Waals surface area contributed by atoms with Gasteiger partial charge in [-0.15, -0.1) is 0 Å². The number of carbonyl (C=O) groups is 2. The summed E-state index contributed by atoms with van der Waals surface area (Å²) >= 11 is 0. The number of hydrogen-bond acceptors (Lipinski definition) is 5. The summed E-state index contributed by atoms with van der Waals surface area (Å²) in [5, 5.41) is 23.2. The second kappa shape index (κ2) is 62.1. The van der Waals surface area contributed by atoms with Gasteiger partial charge in [-0.3, -0.25) is 9.59 Å². The summed E-state index contributed by atoms with van der Waals surface area (Å²) in [4.78, 5) is 24.6. The van der Waals surface area contributed by atoms with Gasteiger partial charge in [0.25, 0.3) is 0 Å². The molecule has 0 saturated heterocycles. The van der Waals surface area contributed by atoms with Crippen LogP contribution < -0.4 is 5.32 Å². The van der Waals surface area contributed by atoms with Crippen LogP contribution in [-0.4, -0.2) is 47.4 Å². The molecule has 0 radical (unpaired) electrons. The number of unbranched alkanes of at least 4 members (excludes halogenated alkanes) is 41. The van der Waals surface area contributed by atoms with Crippen LogP contribution in [0.15, 0.2) is 60.8 Å². The lowest BCUT2D eigenvalue weighted by molar-refractivity contribution is -0.143. The standard InChI is InChI=1S/C67H123NO5/c1-3-5-7-9-11-13-15-17-19-21-22-23-25-28-31-35-39-43-47-51-55-59-65(70)64(63-69)68-66(71)60-56-52-48-44-40-36-32-29-26-24-27-30-34-38-42-46-50-54-58-62-73-67(72)61-57-53-49-45-41-37-33-20-18-16-14-12-10-8-6-4-2/h14,16,20,30,33-34,38,42,55,59,64-65,69-70H,3-13,15,17-19,21-29,31-32,35-37,39-41,43-54,56-58,60-63H2,1-2H3,(H,68,71)/b16-14-,33-20-,34-30-,42-38-,59-55+. The van der Waals surface area contributed by atoms with E-state index in [1.807, 2.05) is 6.08 Å². The van der Waals surface area contributed by atoms with Crippen molar-refractivity contribution >= 4 is 11.9 Å². The third kappa shape index (κ3) is 58.7. The first kappa shape index (κ1) is 70.6. The number of carbonyl (C=O) groups excluding carboxylic acids is 2. The average molecular weight is 1020 g/mol. The van der Waals surface area contributed by atoms with E-state index in [-0.39, 0.29) is 18.5 Å². The van der Waals surface area contributed by atoms with Crippen molar-refractivity contribution in [1.29, 1.82) is 0 Å². The summed E-state index contributed by atoms with van der Waals surface area (Å²) in [6.45, 7) is 4.85. The molecule has 0 aliphatic carbocycles. The van der Waals surface area contributed by atoms with Crippen molar-refractivity contribution in [3.63, 3.8) is 0 Å². The van der Waals surface area contributed by atoms with Gasteiger partial charge >= 0.3 is 5.97 Å². The van der Waals surface area contributed by atoms with Crippen molar-refractivity contribution in [2.24, 2.45) is 0 Å². The Bertz CT molecular complexity index is 1270. The van der Waals surface area contributed by atoms with Crippen LogP contribution in [-0.2, 0) is 14.3 Å². The second-order valence-electron chi connectivity index (χ2n) is 21.8. The van der Waals surface area contributed by atoms with Gasteiger partial charge in [-0.1, -0.05) is 280 Å². The lowest BCUT2D eigenvalue weighted by atomic mass is 10.0. The number of aliphatic hydroxyl groups excluding tert-OH is 2. The fraction of sp³-hybridized carbons (Fsp3) is 0.821. The van der Waals surface area contributed by atoms with Gasteiger partial charge in [-0.2, -0.15) is 0 Å². The van der Waals surface area contributed by atoms with Crippen molar-refractivity contribution in [3.05, 3.63) is 60.8 Å². The van der Waals surface area contributed by atoms with E-state index in [0.29, 0.717) is 19.4 Å². The predicted molar refractivity (Wildman–Crippen MR) is 319 cm³/mol. The van der Waals surface area contributed by atoms with E-state index in [1.165, 1.54) is 212 Å². The summed E-state index contributed by atoms with van der Waals surface area (Å²) in [5.41, 5.74) is 0. The van der Waals surface area contributed by atoms with Crippen molar-refractivity contribution in [2.75, 3.05) is 13.2 Å². The molecule has 0 bridgehead atoms. The summed E-state index contributed by atoms with van der Waals surface area (Å²) in [6.07, 6.45) is 81.2. The largest absolute Gasteiger partial charge is 0.466 e. The molecule has 2 unspecified atom stereocenters. The van der Waals surface area contributed by atoms with Crippen molar-refractivity contribution < 1.29 is 24.5 Å². The van der Waals surface area contributed by atoms with E-state index >= 15 is 0 Å². The highest BCUT2D eigenvalue weighted by Gasteiger charge is 2.18. The van der Waals surface area contributed by atoms with Crippen LogP contribution in [0.1, 0.15) is 328 Å². The van der Waals surface area contributed by atoms with E-state index < -0.39 is 12.1 Å². The fourth-order valence-electron chi connectivity index (χ4n) is 9.60. The highest BCUT2D eigenvalue weighted by atomic mass is 16.5. The quantitative estimate of drug-likeness (QED) is 0.0244. The van der Waals surface area contributed by atoms with E-state index in [1.54, 1.807) is 6.08 Å². The number of nitrogens with one attached hydrogen (secondary N) is 1. The Balaban J connectivity index is 3.52. The van der Waals surface area contributed by atoms with Gasteiger partial charge in [-0.05, 0) is 96.3 Å². The van der Waals surface area contributed by atoms with Crippen LogP contribution in [0.2, 0.25) is 0 Å². The smallest absolute Gasteiger partial charge is 0.305 e. The molecule has 73 heavy (non-hydrogen) atoms. The topological polar surface area (TPSA) is 95.9 Å². The molecule has 1 amide bonds. The van der Waals surface area contributed by atoms with Crippen LogP contribution >= 0.6 is 0 Å².